The van der Waals surface area contributed by atoms with Gasteiger partial charge in [-0.1, -0.05) is 13.8 Å². The monoisotopic (exact) mass is 154 g/mol. The van der Waals surface area contributed by atoms with Crippen molar-refractivity contribution in [3.05, 3.63) is 0 Å². The Morgan fingerprint density at radius 1 is 1.36 bits per heavy atom. The van der Waals surface area contributed by atoms with E-state index in [0.29, 0.717) is 24.0 Å². The minimum Gasteiger partial charge on any atom is -0.366 e. The molecule has 4 unspecified atom stereocenters. The van der Waals surface area contributed by atoms with Crippen LogP contribution in [0.3, 0.4) is 0 Å². The summed E-state index contributed by atoms with van der Waals surface area (Å²) in [4.78, 5) is 11.3. The minimum absolute atomic E-state index is 0.0591. The van der Waals surface area contributed by atoms with E-state index >= 15 is 0 Å². The van der Waals surface area contributed by atoms with Crippen molar-refractivity contribution in [3.8, 4) is 0 Å². The third-order valence-electron chi connectivity index (χ3n) is 2.94. The first-order valence-electron chi connectivity index (χ1n) is 4.36. The van der Waals surface area contributed by atoms with Gasteiger partial charge in [-0.2, -0.15) is 0 Å². The van der Waals surface area contributed by atoms with E-state index < -0.39 is 0 Å². The van der Waals surface area contributed by atoms with Gasteiger partial charge in [-0.05, 0) is 18.3 Å². The van der Waals surface area contributed by atoms with Gasteiger partial charge in [0.15, 0.2) is 5.78 Å². The van der Waals surface area contributed by atoms with Gasteiger partial charge in [-0.25, -0.2) is 0 Å². The number of fused-ring (bicyclic) bond motifs is 2. The zero-order valence-electron chi connectivity index (χ0n) is 7.04. The first-order valence-corrected chi connectivity index (χ1v) is 4.36. The van der Waals surface area contributed by atoms with Gasteiger partial charge < -0.3 is 4.74 Å². The number of carbonyl (C=O) groups excluding carboxylic acids is 1. The molecule has 0 radical (unpaired) electrons. The Kier molecular flexibility index (Phi) is 1.53. The largest absolute Gasteiger partial charge is 0.366 e. The molecular weight excluding hydrogens is 140 g/mol. The SMILES string of the molecule is CC1CC(C)C2OC1CC2=O. The highest BCUT2D eigenvalue weighted by atomic mass is 16.5. The van der Waals surface area contributed by atoms with E-state index in [1.165, 1.54) is 0 Å². The van der Waals surface area contributed by atoms with Crippen molar-refractivity contribution in [1.29, 1.82) is 0 Å². The average Bonchev–Trinajstić information content (AvgIpc) is 2.26. The molecule has 2 rings (SSSR count). The average molecular weight is 154 g/mol. The fourth-order valence-corrected chi connectivity index (χ4v) is 2.28. The molecule has 4 atom stereocenters. The van der Waals surface area contributed by atoms with Gasteiger partial charge in [0.05, 0.1) is 6.10 Å². The molecule has 2 fully saturated rings. The molecule has 0 aromatic heterocycles. The predicted octanol–water partition coefficient (Wildman–Crippen LogP) is 1.39. The molecule has 0 saturated carbocycles. The zero-order chi connectivity index (χ0) is 8.01. The number of hydrogen-bond donors (Lipinski definition) is 0. The summed E-state index contributed by atoms with van der Waals surface area (Å²) in [5.41, 5.74) is 0. The van der Waals surface area contributed by atoms with E-state index in [0.717, 1.165) is 6.42 Å². The van der Waals surface area contributed by atoms with Gasteiger partial charge in [-0.15, -0.1) is 0 Å². The number of rotatable bonds is 0. The summed E-state index contributed by atoms with van der Waals surface area (Å²) in [5, 5.41) is 0. The van der Waals surface area contributed by atoms with Gasteiger partial charge in [0, 0.05) is 6.42 Å². The minimum atomic E-state index is -0.0591. The topological polar surface area (TPSA) is 26.3 Å². The molecule has 2 saturated heterocycles. The summed E-state index contributed by atoms with van der Waals surface area (Å²) in [5.74, 6) is 1.34. The van der Waals surface area contributed by atoms with Crippen LogP contribution in [0.4, 0.5) is 0 Å². The molecule has 62 valence electrons. The molecule has 2 aliphatic rings. The second-order valence-corrected chi connectivity index (χ2v) is 3.96. The van der Waals surface area contributed by atoms with Crippen LogP contribution in [0.25, 0.3) is 0 Å². The van der Waals surface area contributed by atoms with Crippen LogP contribution in [-0.4, -0.2) is 18.0 Å². The maximum absolute atomic E-state index is 11.3. The lowest BCUT2D eigenvalue weighted by atomic mass is 9.90. The Balaban J connectivity index is 2.20. The molecular formula is C9H14O2. The van der Waals surface area contributed by atoms with E-state index in [4.69, 9.17) is 4.74 Å². The van der Waals surface area contributed by atoms with Crippen LogP contribution in [0.15, 0.2) is 0 Å². The smallest absolute Gasteiger partial charge is 0.164 e. The van der Waals surface area contributed by atoms with Crippen LogP contribution >= 0.6 is 0 Å². The molecule has 11 heavy (non-hydrogen) atoms. The maximum Gasteiger partial charge on any atom is 0.164 e. The Hall–Kier alpha value is -0.370. The summed E-state index contributed by atoms with van der Waals surface area (Å²) in [6, 6.07) is 0. The first-order chi connectivity index (χ1) is 5.18. The lowest BCUT2D eigenvalue weighted by molar-refractivity contribution is -0.128. The van der Waals surface area contributed by atoms with E-state index in [-0.39, 0.29) is 12.2 Å². The summed E-state index contributed by atoms with van der Waals surface area (Å²) < 4.78 is 5.58. The predicted molar refractivity (Wildman–Crippen MR) is 41.2 cm³/mol. The number of ketones is 1. The van der Waals surface area contributed by atoms with Crippen LogP contribution in [0.2, 0.25) is 0 Å². The highest BCUT2D eigenvalue weighted by Gasteiger charge is 2.44. The number of carbonyl (C=O) groups is 1. The van der Waals surface area contributed by atoms with Crippen molar-refractivity contribution in [3.63, 3.8) is 0 Å². The lowest BCUT2D eigenvalue weighted by Gasteiger charge is -2.30. The summed E-state index contributed by atoms with van der Waals surface area (Å²) >= 11 is 0. The lowest BCUT2D eigenvalue weighted by Crippen LogP contribution is -2.33. The fraction of sp³-hybridized carbons (Fsp3) is 0.889. The van der Waals surface area contributed by atoms with Gasteiger partial charge in [0.1, 0.15) is 6.10 Å². The van der Waals surface area contributed by atoms with E-state index in [2.05, 4.69) is 13.8 Å². The molecule has 0 aromatic rings. The molecule has 0 aliphatic carbocycles. The van der Waals surface area contributed by atoms with Crippen LogP contribution in [0.1, 0.15) is 26.7 Å². The van der Waals surface area contributed by atoms with Gasteiger partial charge >= 0.3 is 0 Å². The fourth-order valence-electron chi connectivity index (χ4n) is 2.28. The molecule has 2 nitrogen and oxygen atoms in total. The van der Waals surface area contributed by atoms with Crippen LogP contribution < -0.4 is 0 Å². The molecule has 0 aromatic carbocycles. The molecule has 0 N–H and O–H groups in total. The highest BCUT2D eigenvalue weighted by molar-refractivity contribution is 5.85. The second kappa shape index (κ2) is 2.31. The third kappa shape index (κ3) is 1.00. The molecule has 2 heterocycles. The number of Topliss-reactive ketones (excluding diaryl/α,β-unsaturated/α-hetero) is 1. The highest BCUT2D eigenvalue weighted by Crippen LogP contribution is 2.37. The summed E-state index contributed by atoms with van der Waals surface area (Å²) in [6.07, 6.45) is 2.00. The first kappa shape index (κ1) is 7.29. The van der Waals surface area contributed by atoms with Crippen LogP contribution in [0, 0.1) is 11.8 Å². The third-order valence-corrected chi connectivity index (χ3v) is 2.94. The molecule has 2 aliphatic heterocycles. The molecule has 0 spiro atoms. The van der Waals surface area contributed by atoms with Gasteiger partial charge in [0.2, 0.25) is 0 Å². The van der Waals surface area contributed by atoms with Gasteiger partial charge in [0.25, 0.3) is 0 Å². The van der Waals surface area contributed by atoms with E-state index in [1.807, 2.05) is 0 Å². The van der Waals surface area contributed by atoms with Gasteiger partial charge in [-0.3, -0.25) is 4.79 Å². The van der Waals surface area contributed by atoms with E-state index in [1.54, 1.807) is 0 Å². The second-order valence-electron chi connectivity index (χ2n) is 3.96. The number of ether oxygens (including phenoxy) is 1. The summed E-state index contributed by atoms with van der Waals surface area (Å²) in [6.45, 7) is 4.29. The zero-order valence-corrected chi connectivity index (χ0v) is 7.04. The normalized spacial score (nSPS) is 49.8. The van der Waals surface area contributed by atoms with Crippen molar-refractivity contribution in [2.24, 2.45) is 11.8 Å². The Labute approximate surface area is 66.9 Å². The van der Waals surface area contributed by atoms with Crippen molar-refractivity contribution in [2.75, 3.05) is 0 Å². The Morgan fingerprint density at radius 3 is 2.82 bits per heavy atom. The van der Waals surface area contributed by atoms with Crippen LogP contribution in [0.5, 0.6) is 0 Å². The van der Waals surface area contributed by atoms with Crippen LogP contribution in [-0.2, 0) is 9.53 Å². The van der Waals surface area contributed by atoms with Crippen molar-refractivity contribution >= 4 is 5.78 Å². The van der Waals surface area contributed by atoms with Crippen molar-refractivity contribution in [1.82, 2.24) is 0 Å². The van der Waals surface area contributed by atoms with E-state index in [9.17, 15) is 4.79 Å². The molecule has 0 amide bonds. The quantitative estimate of drug-likeness (QED) is 0.527. The Bertz CT molecular complexity index is 188. The summed E-state index contributed by atoms with van der Waals surface area (Å²) in [7, 11) is 0. The molecule has 2 heteroatoms. The van der Waals surface area contributed by atoms with Crippen molar-refractivity contribution < 1.29 is 9.53 Å². The molecule has 2 bridgehead atoms. The van der Waals surface area contributed by atoms with Crippen molar-refractivity contribution in [2.45, 2.75) is 38.9 Å². The standard InChI is InChI=1S/C9H14O2/c1-5-3-6(2)9-7(10)4-8(5)11-9/h5-6,8-9H,3-4H2,1-2H3. The maximum atomic E-state index is 11.3. The Morgan fingerprint density at radius 2 is 2.09 bits per heavy atom. The number of hydrogen-bond acceptors (Lipinski definition) is 2.